The van der Waals surface area contributed by atoms with Gasteiger partial charge in [-0.3, -0.25) is 24.0 Å². The molecule has 4 N–H and O–H groups in total. The Bertz CT molecular complexity index is 1290. The first-order valence-corrected chi connectivity index (χ1v) is 11.2. The van der Waals surface area contributed by atoms with Gasteiger partial charge in [-0.1, -0.05) is 19.9 Å². The number of hydrogen-bond donors (Lipinski definition) is 4. The molecule has 0 aliphatic rings. The summed E-state index contributed by atoms with van der Waals surface area (Å²) in [7, 11) is 0. The minimum absolute atomic E-state index is 0.111. The first-order chi connectivity index (χ1) is 18.6. The number of Topliss-reactive ketones (excluding diaryl/α,β-unsaturated/α-hetero) is 1. The van der Waals surface area contributed by atoms with Gasteiger partial charge in [0.1, 0.15) is 36.0 Å². The highest BCUT2D eigenvalue weighted by Crippen LogP contribution is 2.26. The summed E-state index contributed by atoms with van der Waals surface area (Å²) < 4.78 is 86.3. The first kappa shape index (κ1) is 31.6. The Morgan fingerprint density at radius 3 is 1.90 bits per heavy atom. The molecule has 0 saturated carbocycles. The third-order valence-corrected chi connectivity index (χ3v) is 5.16. The highest BCUT2D eigenvalue weighted by Gasteiger charge is 2.32. The van der Waals surface area contributed by atoms with Crippen LogP contribution in [0.25, 0.3) is 0 Å². The van der Waals surface area contributed by atoms with Crippen molar-refractivity contribution in [2.75, 3.05) is 11.9 Å². The molecule has 2 rings (SSSR count). The van der Waals surface area contributed by atoms with Gasteiger partial charge >= 0.3 is 17.8 Å². The zero-order valence-corrected chi connectivity index (χ0v) is 20.6. The normalized spacial score (nSPS) is 12.3. The summed E-state index contributed by atoms with van der Waals surface area (Å²) in [6, 6.07) is -1.05. The molecule has 2 aromatic carbocycles. The van der Waals surface area contributed by atoms with Crippen LogP contribution < -0.4 is 20.7 Å². The molecule has 3 amide bonds. The van der Waals surface area contributed by atoms with Crippen molar-refractivity contribution in [2.24, 2.45) is 5.92 Å². The fraction of sp³-hybridized carbons (Fsp3) is 0.292. The number of carbonyl (C=O) groups is 5. The summed E-state index contributed by atoms with van der Waals surface area (Å²) in [4.78, 5) is 61.0. The highest BCUT2D eigenvalue weighted by molar-refractivity contribution is 6.40. The van der Waals surface area contributed by atoms with Gasteiger partial charge in [-0.15, -0.1) is 0 Å². The monoisotopic (exact) mass is 577 g/mol. The molecule has 0 radical (unpaired) electrons. The number of aliphatic carboxylic acids is 1. The molecule has 0 aliphatic heterocycles. The van der Waals surface area contributed by atoms with Gasteiger partial charge in [0.05, 0.1) is 6.42 Å². The average Bonchev–Trinajstić information content (AvgIpc) is 2.86. The van der Waals surface area contributed by atoms with Gasteiger partial charge < -0.3 is 25.8 Å². The number of carboxylic acid groups (broad SMARTS) is 1. The Morgan fingerprint density at radius 2 is 1.40 bits per heavy atom. The lowest BCUT2D eigenvalue weighted by Crippen LogP contribution is -2.56. The highest BCUT2D eigenvalue weighted by atomic mass is 19.2. The first-order valence-electron chi connectivity index (χ1n) is 11.2. The van der Waals surface area contributed by atoms with Crippen LogP contribution in [0.2, 0.25) is 0 Å². The molecule has 2 atom stereocenters. The Balaban J connectivity index is 2.15. The number of carbonyl (C=O) groups excluding carboxylic acids is 4. The molecule has 1 unspecified atom stereocenters. The van der Waals surface area contributed by atoms with E-state index in [1.165, 1.54) is 13.8 Å². The third-order valence-electron chi connectivity index (χ3n) is 5.16. The van der Waals surface area contributed by atoms with Crippen molar-refractivity contribution in [1.29, 1.82) is 0 Å². The van der Waals surface area contributed by atoms with Gasteiger partial charge in [0.25, 0.3) is 0 Å². The van der Waals surface area contributed by atoms with E-state index in [1.807, 2.05) is 10.6 Å². The lowest BCUT2D eigenvalue weighted by molar-refractivity contribution is -0.141. The average molecular weight is 577 g/mol. The van der Waals surface area contributed by atoms with Gasteiger partial charge in [0.15, 0.2) is 23.2 Å². The van der Waals surface area contributed by atoms with E-state index in [0.717, 1.165) is 18.2 Å². The fourth-order valence-corrected chi connectivity index (χ4v) is 3.13. The second kappa shape index (κ2) is 13.4. The van der Waals surface area contributed by atoms with Crippen molar-refractivity contribution in [1.82, 2.24) is 10.6 Å². The van der Waals surface area contributed by atoms with Crippen LogP contribution in [0.15, 0.2) is 24.3 Å². The fourth-order valence-electron chi connectivity index (χ4n) is 3.13. The number of carboxylic acids is 1. The van der Waals surface area contributed by atoms with Crippen LogP contribution in [0.1, 0.15) is 20.3 Å². The van der Waals surface area contributed by atoms with Crippen molar-refractivity contribution in [2.45, 2.75) is 32.4 Å². The van der Waals surface area contributed by atoms with E-state index in [-0.39, 0.29) is 6.07 Å². The maximum atomic E-state index is 13.8. The number of rotatable bonds is 11. The van der Waals surface area contributed by atoms with E-state index in [2.05, 4.69) is 4.74 Å². The Morgan fingerprint density at radius 1 is 0.850 bits per heavy atom. The molecule has 40 heavy (non-hydrogen) atoms. The molecule has 10 nitrogen and oxygen atoms in total. The van der Waals surface area contributed by atoms with Gasteiger partial charge in [0.2, 0.25) is 17.5 Å². The quantitative estimate of drug-likeness (QED) is 0.182. The summed E-state index contributed by atoms with van der Waals surface area (Å²) in [6.07, 6.45) is -1.10. The molecule has 16 heteroatoms. The van der Waals surface area contributed by atoms with Crippen molar-refractivity contribution in [3.63, 3.8) is 0 Å². The number of amides is 3. The Hall–Kier alpha value is -4.63. The summed E-state index contributed by atoms with van der Waals surface area (Å²) >= 11 is 0. The number of halogens is 6. The number of nitrogens with one attached hydrogen (secondary N) is 3. The van der Waals surface area contributed by atoms with E-state index in [4.69, 9.17) is 5.11 Å². The topological polar surface area (TPSA) is 151 Å². The van der Waals surface area contributed by atoms with Crippen LogP contribution in [-0.2, 0) is 24.0 Å². The molecule has 0 bridgehead atoms. The minimum Gasteiger partial charge on any atom is -0.481 e. The molecule has 0 spiro atoms. The van der Waals surface area contributed by atoms with Crippen molar-refractivity contribution in [3.05, 3.63) is 59.2 Å². The maximum absolute atomic E-state index is 13.8. The maximum Gasteiger partial charge on any atom is 0.313 e. The van der Waals surface area contributed by atoms with E-state index in [9.17, 15) is 50.3 Å². The summed E-state index contributed by atoms with van der Waals surface area (Å²) in [5.41, 5.74) is -0.939. The van der Waals surface area contributed by atoms with Gasteiger partial charge in [0, 0.05) is 6.07 Å². The van der Waals surface area contributed by atoms with E-state index in [1.54, 1.807) is 5.32 Å². The lowest BCUT2D eigenvalue weighted by atomic mass is 10.0. The predicted octanol–water partition coefficient (Wildman–Crippen LogP) is 2.21. The third kappa shape index (κ3) is 7.94. The number of benzene rings is 2. The summed E-state index contributed by atoms with van der Waals surface area (Å²) in [5.74, 6) is -19.7. The van der Waals surface area contributed by atoms with Crippen LogP contribution >= 0.6 is 0 Å². The van der Waals surface area contributed by atoms with Crippen LogP contribution in [0.4, 0.5) is 32.0 Å². The van der Waals surface area contributed by atoms with Crippen LogP contribution in [0.5, 0.6) is 5.75 Å². The minimum atomic E-state index is -1.97. The summed E-state index contributed by atoms with van der Waals surface area (Å²) in [6.45, 7) is 1.41. The number of hydrogen-bond acceptors (Lipinski definition) is 6. The molecule has 2 aromatic rings. The summed E-state index contributed by atoms with van der Waals surface area (Å²) in [5, 5.41) is 14.8. The van der Waals surface area contributed by atoms with Crippen LogP contribution in [0, 0.1) is 40.8 Å². The smallest absolute Gasteiger partial charge is 0.313 e. The van der Waals surface area contributed by atoms with Crippen molar-refractivity contribution in [3.8, 4) is 5.75 Å². The van der Waals surface area contributed by atoms with Gasteiger partial charge in [-0.05, 0) is 18.1 Å². The second-order valence-electron chi connectivity index (χ2n) is 8.46. The number of anilines is 1. The molecule has 0 fully saturated rings. The number of ether oxygens (including phenoxy) is 1. The van der Waals surface area contributed by atoms with E-state index in [0.29, 0.717) is 0 Å². The zero-order chi connectivity index (χ0) is 30.3. The standard InChI is InChI=1S/C24H21F6N3O7/c1-9(2)19(32-23(38)24(39)33-20-10(25)4-3-5-11(20)26)22(37)31-14(7-16(35)36)15(34)8-40-21-17(29)12(27)6-13(28)18(21)30/h3-6,9,14,19H,7-8H2,1-2H3,(H,31,37)(H,32,38)(H,33,39)(H,35,36)/t14?,19-/m0/s1. The van der Waals surface area contributed by atoms with Gasteiger partial charge in [-0.2, -0.15) is 8.78 Å². The van der Waals surface area contributed by atoms with Crippen LogP contribution in [-0.4, -0.2) is 53.3 Å². The Kier molecular flexibility index (Phi) is 10.6. The Labute approximate surface area is 221 Å². The van der Waals surface area contributed by atoms with Crippen LogP contribution in [0.3, 0.4) is 0 Å². The zero-order valence-electron chi connectivity index (χ0n) is 20.6. The van der Waals surface area contributed by atoms with Crippen molar-refractivity contribution < 1.29 is 60.2 Å². The van der Waals surface area contributed by atoms with Gasteiger partial charge in [-0.25, -0.2) is 17.6 Å². The molecular weight excluding hydrogens is 556 g/mol. The second-order valence-corrected chi connectivity index (χ2v) is 8.46. The molecule has 216 valence electrons. The van der Waals surface area contributed by atoms with E-state index >= 15 is 0 Å². The SMILES string of the molecule is CC(C)[C@H](NC(=O)C(=O)Nc1c(F)cccc1F)C(=O)NC(CC(=O)O)C(=O)COc1c(F)c(F)cc(F)c1F. The molecular formula is C24H21F6N3O7. The largest absolute Gasteiger partial charge is 0.481 e. The number of ketones is 1. The number of para-hydroxylation sites is 1. The molecule has 0 aliphatic carbocycles. The molecule has 0 aromatic heterocycles. The molecule has 0 heterocycles. The van der Waals surface area contributed by atoms with E-state index < -0.39 is 107 Å². The lowest BCUT2D eigenvalue weighted by Gasteiger charge is -2.24. The predicted molar refractivity (Wildman–Crippen MR) is 123 cm³/mol. The molecule has 0 saturated heterocycles. The van der Waals surface area contributed by atoms with Crippen molar-refractivity contribution >= 4 is 35.2 Å².